The van der Waals surface area contributed by atoms with Gasteiger partial charge >= 0.3 is 0 Å². The highest BCUT2D eigenvalue weighted by atomic mass is 15.1. The number of nitrogens with one attached hydrogen (secondary N) is 3. The van der Waals surface area contributed by atoms with Crippen molar-refractivity contribution in [3.63, 3.8) is 0 Å². The number of aryl methyl sites for hydroxylation is 1. The molecule has 2 aromatic carbocycles. The smallest absolute Gasteiger partial charge is 0.224 e. The zero-order chi connectivity index (χ0) is 18.5. The molecule has 0 unspecified atom stereocenters. The van der Waals surface area contributed by atoms with Crippen LogP contribution in [0.5, 0.6) is 0 Å². The van der Waals surface area contributed by atoms with Crippen LogP contribution in [0.15, 0.2) is 67.0 Å². The largest absolute Gasteiger partial charge is 0.366 e. The van der Waals surface area contributed by atoms with E-state index in [1.807, 2.05) is 12.1 Å². The SMILES string of the molecule is Cc1cccc(CNc2ccnc(NCCc3c[nH]c4ccccc34)n2)c1. The maximum Gasteiger partial charge on any atom is 0.224 e. The number of H-pyrrole nitrogens is 1. The number of fused-ring (bicyclic) bond motifs is 1. The zero-order valence-corrected chi connectivity index (χ0v) is 15.4. The van der Waals surface area contributed by atoms with Gasteiger partial charge in [-0.1, -0.05) is 48.0 Å². The summed E-state index contributed by atoms with van der Waals surface area (Å²) < 4.78 is 0. The minimum atomic E-state index is 0.643. The third kappa shape index (κ3) is 4.26. The maximum atomic E-state index is 4.55. The van der Waals surface area contributed by atoms with Gasteiger partial charge in [0.1, 0.15) is 5.82 Å². The van der Waals surface area contributed by atoms with Crippen LogP contribution in [0.25, 0.3) is 10.9 Å². The van der Waals surface area contributed by atoms with E-state index in [9.17, 15) is 0 Å². The van der Waals surface area contributed by atoms with Crippen LogP contribution in [0, 0.1) is 6.92 Å². The highest BCUT2D eigenvalue weighted by Gasteiger charge is 2.04. The number of rotatable bonds is 7. The molecular weight excluding hydrogens is 334 g/mol. The van der Waals surface area contributed by atoms with E-state index in [2.05, 4.69) is 81.2 Å². The third-order valence-corrected chi connectivity index (χ3v) is 4.56. The molecule has 3 N–H and O–H groups in total. The van der Waals surface area contributed by atoms with Gasteiger partial charge in [-0.05, 0) is 36.6 Å². The van der Waals surface area contributed by atoms with Gasteiger partial charge in [-0.2, -0.15) is 4.98 Å². The molecule has 4 rings (SSSR count). The number of hydrogen-bond acceptors (Lipinski definition) is 4. The van der Waals surface area contributed by atoms with Gasteiger partial charge in [0.15, 0.2) is 0 Å². The summed E-state index contributed by atoms with van der Waals surface area (Å²) in [6, 6.07) is 18.7. The Morgan fingerprint density at radius 2 is 1.93 bits per heavy atom. The van der Waals surface area contributed by atoms with E-state index in [-0.39, 0.29) is 0 Å². The molecule has 0 saturated carbocycles. The highest BCUT2D eigenvalue weighted by Crippen LogP contribution is 2.18. The molecule has 2 heterocycles. The van der Waals surface area contributed by atoms with Crippen molar-refractivity contribution in [2.45, 2.75) is 19.9 Å². The fourth-order valence-corrected chi connectivity index (χ4v) is 3.20. The lowest BCUT2D eigenvalue weighted by Gasteiger charge is -2.09. The Labute approximate surface area is 158 Å². The van der Waals surface area contributed by atoms with E-state index in [1.165, 1.54) is 27.6 Å². The quantitative estimate of drug-likeness (QED) is 0.454. The first kappa shape index (κ1) is 17.1. The van der Waals surface area contributed by atoms with Gasteiger partial charge in [0.2, 0.25) is 5.95 Å². The Kier molecular flexibility index (Phi) is 5.01. The molecule has 5 heteroatoms. The van der Waals surface area contributed by atoms with Crippen molar-refractivity contribution in [3.8, 4) is 0 Å². The second kappa shape index (κ2) is 7.91. The normalized spacial score (nSPS) is 10.9. The molecule has 0 aliphatic rings. The monoisotopic (exact) mass is 357 g/mol. The Bertz CT molecular complexity index is 1040. The molecule has 27 heavy (non-hydrogen) atoms. The van der Waals surface area contributed by atoms with Crippen LogP contribution < -0.4 is 10.6 Å². The van der Waals surface area contributed by atoms with E-state index in [0.29, 0.717) is 5.95 Å². The van der Waals surface area contributed by atoms with Gasteiger partial charge in [-0.15, -0.1) is 0 Å². The van der Waals surface area contributed by atoms with Crippen molar-refractivity contribution in [1.82, 2.24) is 15.0 Å². The minimum Gasteiger partial charge on any atom is -0.366 e. The molecular formula is C22H23N5. The first-order valence-electron chi connectivity index (χ1n) is 9.19. The average Bonchev–Trinajstić information content (AvgIpc) is 3.10. The van der Waals surface area contributed by atoms with Crippen LogP contribution in [-0.4, -0.2) is 21.5 Å². The molecule has 0 amide bonds. The van der Waals surface area contributed by atoms with E-state index < -0.39 is 0 Å². The number of nitrogens with zero attached hydrogens (tertiary/aromatic N) is 2. The summed E-state index contributed by atoms with van der Waals surface area (Å²) >= 11 is 0. The molecule has 2 aromatic heterocycles. The van der Waals surface area contributed by atoms with Crippen molar-refractivity contribution in [2.24, 2.45) is 0 Å². The lowest BCUT2D eigenvalue weighted by molar-refractivity contribution is 0.985. The van der Waals surface area contributed by atoms with Crippen LogP contribution >= 0.6 is 0 Å². The summed E-state index contributed by atoms with van der Waals surface area (Å²) in [6.07, 6.45) is 4.76. The standard InChI is InChI=1S/C22H23N5/c1-16-5-4-6-17(13-16)14-26-21-10-12-24-22(27-21)23-11-9-18-15-25-20-8-3-2-7-19(18)20/h2-8,10,12-13,15,25H,9,11,14H2,1H3,(H2,23,24,26,27). The van der Waals surface area contributed by atoms with Gasteiger partial charge < -0.3 is 15.6 Å². The number of hydrogen-bond donors (Lipinski definition) is 3. The van der Waals surface area contributed by atoms with Gasteiger partial charge in [0, 0.05) is 36.4 Å². The van der Waals surface area contributed by atoms with Crippen LogP contribution in [-0.2, 0) is 13.0 Å². The van der Waals surface area contributed by atoms with Gasteiger partial charge in [-0.25, -0.2) is 4.98 Å². The summed E-state index contributed by atoms with van der Waals surface area (Å²) in [5.41, 5.74) is 4.97. The molecule has 0 bridgehead atoms. The predicted molar refractivity (Wildman–Crippen MR) is 111 cm³/mol. The Morgan fingerprint density at radius 1 is 1.00 bits per heavy atom. The third-order valence-electron chi connectivity index (χ3n) is 4.56. The highest BCUT2D eigenvalue weighted by molar-refractivity contribution is 5.83. The Hall–Kier alpha value is -3.34. The minimum absolute atomic E-state index is 0.643. The second-order valence-electron chi connectivity index (χ2n) is 6.64. The van der Waals surface area contributed by atoms with Crippen LogP contribution in [0.4, 0.5) is 11.8 Å². The molecule has 136 valence electrons. The van der Waals surface area contributed by atoms with Gasteiger partial charge in [0.25, 0.3) is 0 Å². The van der Waals surface area contributed by atoms with Crippen molar-refractivity contribution >= 4 is 22.7 Å². The fourth-order valence-electron chi connectivity index (χ4n) is 3.20. The Balaban J connectivity index is 1.34. The molecule has 0 spiro atoms. The average molecular weight is 357 g/mol. The van der Waals surface area contributed by atoms with E-state index in [0.717, 1.165) is 25.3 Å². The Morgan fingerprint density at radius 3 is 2.85 bits per heavy atom. The van der Waals surface area contributed by atoms with Crippen molar-refractivity contribution in [3.05, 3.63) is 83.7 Å². The van der Waals surface area contributed by atoms with Crippen molar-refractivity contribution in [2.75, 3.05) is 17.2 Å². The predicted octanol–water partition coefficient (Wildman–Crippen LogP) is 4.53. The fraction of sp³-hybridized carbons (Fsp3) is 0.182. The van der Waals surface area contributed by atoms with E-state index >= 15 is 0 Å². The first-order chi connectivity index (χ1) is 13.3. The van der Waals surface area contributed by atoms with Crippen LogP contribution in [0.3, 0.4) is 0 Å². The molecule has 0 aliphatic carbocycles. The number of anilines is 2. The van der Waals surface area contributed by atoms with Crippen molar-refractivity contribution < 1.29 is 0 Å². The van der Waals surface area contributed by atoms with E-state index in [1.54, 1.807) is 6.20 Å². The van der Waals surface area contributed by atoms with E-state index in [4.69, 9.17) is 0 Å². The number of para-hydroxylation sites is 1. The summed E-state index contributed by atoms with van der Waals surface area (Å²) in [5.74, 6) is 1.46. The topological polar surface area (TPSA) is 65.6 Å². The van der Waals surface area contributed by atoms with Crippen LogP contribution in [0.2, 0.25) is 0 Å². The molecule has 0 radical (unpaired) electrons. The molecule has 0 aliphatic heterocycles. The zero-order valence-electron chi connectivity index (χ0n) is 15.4. The number of aromatic amines is 1. The van der Waals surface area contributed by atoms with Crippen LogP contribution in [0.1, 0.15) is 16.7 Å². The molecule has 4 aromatic rings. The lowest BCUT2D eigenvalue weighted by atomic mass is 10.1. The molecule has 0 saturated heterocycles. The summed E-state index contributed by atoms with van der Waals surface area (Å²) in [7, 11) is 0. The second-order valence-corrected chi connectivity index (χ2v) is 6.64. The van der Waals surface area contributed by atoms with Gasteiger partial charge in [-0.3, -0.25) is 0 Å². The number of benzene rings is 2. The first-order valence-corrected chi connectivity index (χ1v) is 9.19. The lowest BCUT2D eigenvalue weighted by Crippen LogP contribution is -2.09. The summed E-state index contributed by atoms with van der Waals surface area (Å²) in [4.78, 5) is 12.2. The summed E-state index contributed by atoms with van der Waals surface area (Å²) in [5, 5.41) is 7.95. The molecule has 0 atom stereocenters. The molecule has 0 fully saturated rings. The maximum absolute atomic E-state index is 4.55. The summed E-state index contributed by atoms with van der Waals surface area (Å²) in [6.45, 7) is 3.63. The van der Waals surface area contributed by atoms with Gasteiger partial charge in [0.05, 0.1) is 0 Å². The number of aromatic nitrogens is 3. The van der Waals surface area contributed by atoms with Crippen molar-refractivity contribution in [1.29, 1.82) is 0 Å². The molecule has 5 nitrogen and oxygen atoms in total.